The molecule has 2 aromatic carbocycles. The maximum absolute atomic E-state index is 13.6. The summed E-state index contributed by atoms with van der Waals surface area (Å²) in [5.41, 5.74) is 2.08. The summed E-state index contributed by atoms with van der Waals surface area (Å²) in [4.78, 5) is 29.5. The summed E-state index contributed by atoms with van der Waals surface area (Å²) in [5, 5.41) is 9.80. The van der Waals surface area contributed by atoms with Gasteiger partial charge in [-0.3, -0.25) is 9.59 Å². The first kappa shape index (κ1) is 32.0. The molecule has 0 spiro atoms. The van der Waals surface area contributed by atoms with E-state index in [-0.39, 0.29) is 23.9 Å². The van der Waals surface area contributed by atoms with E-state index >= 15 is 0 Å². The number of rotatable bonds is 15. The number of amides is 2. The zero-order valence-corrected chi connectivity index (χ0v) is 25.5. The van der Waals surface area contributed by atoms with Gasteiger partial charge in [0.05, 0.1) is 6.04 Å². The zero-order chi connectivity index (χ0) is 29.6. The summed E-state index contributed by atoms with van der Waals surface area (Å²) in [6, 6.07) is 17.1. The maximum atomic E-state index is 13.6. The molecule has 2 amide bonds. The van der Waals surface area contributed by atoms with Crippen LogP contribution in [0.1, 0.15) is 63.5 Å². The number of carbonyl (C=O) groups excluding carboxylic acids is 2. The van der Waals surface area contributed by atoms with Gasteiger partial charge in [0.2, 0.25) is 11.8 Å². The molecule has 2 atom stereocenters. The van der Waals surface area contributed by atoms with Crippen LogP contribution in [0.3, 0.4) is 0 Å². The molecule has 0 unspecified atom stereocenters. The molecule has 42 heavy (non-hydrogen) atoms. The van der Waals surface area contributed by atoms with E-state index in [0.29, 0.717) is 45.1 Å². The SMILES string of the molecule is CC(C)C[C@H](NC1CCOCC1)C(=O)N[C@H](Cc1ccc(OCc2ccccc2)cc1)C(=O)NCCN1CCCCC1. The number of hydrogen-bond donors (Lipinski definition) is 3. The van der Waals surface area contributed by atoms with Gasteiger partial charge in [-0.1, -0.05) is 62.7 Å². The van der Waals surface area contributed by atoms with E-state index in [1.165, 1.54) is 19.3 Å². The molecule has 2 saturated heterocycles. The summed E-state index contributed by atoms with van der Waals surface area (Å²) < 4.78 is 11.5. The highest BCUT2D eigenvalue weighted by Gasteiger charge is 2.29. The molecular formula is C34H50N4O4. The Labute approximate surface area is 251 Å². The van der Waals surface area contributed by atoms with Crippen molar-refractivity contribution in [1.82, 2.24) is 20.9 Å². The van der Waals surface area contributed by atoms with E-state index in [0.717, 1.165) is 49.4 Å². The first-order valence-corrected chi connectivity index (χ1v) is 15.9. The third kappa shape index (κ3) is 11.0. The van der Waals surface area contributed by atoms with Crippen molar-refractivity contribution < 1.29 is 19.1 Å². The molecule has 0 radical (unpaired) electrons. The van der Waals surface area contributed by atoms with E-state index in [1.807, 2.05) is 54.6 Å². The largest absolute Gasteiger partial charge is 0.489 e. The molecule has 2 aromatic rings. The van der Waals surface area contributed by atoms with Crippen molar-refractivity contribution in [1.29, 1.82) is 0 Å². The minimum atomic E-state index is -0.666. The van der Waals surface area contributed by atoms with Gasteiger partial charge < -0.3 is 30.3 Å². The molecule has 4 rings (SSSR count). The van der Waals surface area contributed by atoms with Gasteiger partial charge in [0, 0.05) is 38.8 Å². The monoisotopic (exact) mass is 578 g/mol. The Balaban J connectivity index is 1.39. The van der Waals surface area contributed by atoms with Crippen molar-refractivity contribution >= 4 is 11.8 Å². The summed E-state index contributed by atoms with van der Waals surface area (Å²) in [7, 11) is 0. The molecule has 3 N–H and O–H groups in total. The highest BCUT2D eigenvalue weighted by Crippen LogP contribution is 2.17. The van der Waals surface area contributed by atoms with Crippen LogP contribution in [0.15, 0.2) is 54.6 Å². The van der Waals surface area contributed by atoms with Gasteiger partial charge in [0.15, 0.2) is 0 Å². The second-order valence-electron chi connectivity index (χ2n) is 12.1. The van der Waals surface area contributed by atoms with E-state index in [1.54, 1.807) is 0 Å². The average Bonchev–Trinajstić information content (AvgIpc) is 3.01. The van der Waals surface area contributed by atoms with Crippen molar-refractivity contribution in [2.75, 3.05) is 39.4 Å². The van der Waals surface area contributed by atoms with E-state index in [9.17, 15) is 9.59 Å². The van der Waals surface area contributed by atoms with Gasteiger partial charge in [-0.2, -0.15) is 0 Å². The predicted octanol–water partition coefficient (Wildman–Crippen LogP) is 4.08. The topological polar surface area (TPSA) is 91.9 Å². The Hall–Kier alpha value is -2.94. The maximum Gasteiger partial charge on any atom is 0.242 e. The Bertz CT molecular complexity index is 1070. The number of ether oxygens (including phenoxy) is 2. The van der Waals surface area contributed by atoms with E-state index in [2.05, 4.69) is 34.7 Å². The van der Waals surface area contributed by atoms with Crippen LogP contribution in [-0.2, 0) is 27.4 Å². The van der Waals surface area contributed by atoms with Gasteiger partial charge in [-0.15, -0.1) is 0 Å². The Kier molecular flexibility index (Phi) is 13.1. The molecule has 2 heterocycles. The first-order valence-electron chi connectivity index (χ1n) is 15.9. The number of nitrogens with zero attached hydrogens (tertiary/aromatic N) is 1. The fraction of sp³-hybridized carbons (Fsp3) is 0.588. The van der Waals surface area contributed by atoms with Crippen molar-refractivity contribution in [3.05, 3.63) is 65.7 Å². The second-order valence-corrected chi connectivity index (χ2v) is 12.1. The Morgan fingerprint density at radius 1 is 0.905 bits per heavy atom. The standard InChI is InChI=1S/C34H50N4O4/c1-26(2)23-31(36-29-15-21-41-22-16-29)34(40)37-32(33(39)35-17-20-38-18-7-4-8-19-38)24-27-11-13-30(14-12-27)42-25-28-9-5-3-6-10-28/h3,5-6,9-14,26,29,31-32,36H,4,7-8,15-25H2,1-2H3,(H,35,39)(H,37,40)/t31-,32+/m0/s1. The third-order valence-electron chi connectivity index (χ3n) is 8.10. The molecule has 0 aliphatic carbocycles. The fourth-order valence-electron chi connectivity index (χ4n) is 5.69. The number of benzene rings is 2. The van der Waals surface area contributed by atoms with Crippen molar-refractivity contribution in [2.24, 2.45) is 5.92 Å². The first-order chi connectivity index (χ1) is 20.5. The molecule has 2 aliphatic heterocycles. The molecule has 0 saturated carbocycles. The highest BCUT2D eigenvalue weighted by molar-refractivity contribution is 5.90. The number of nitrogens with one attached hydrogen (secondary N) is 3. The van der Waals surface area contributed by atoms with Gasteiger partial charge >= 0.3 is 0 Å². The number of hydrogen-bond acceptors (Lipinski definition) is 6. The summed E-state index contributed by atoms with van der Waals surface area (Å²) in [6.07, 6.45) is 6.62. The lowest BCUT2D eigenvalue weighted by Crippen LogP contribution is -2.56. The summed E-state index contributed by atoms with van der Waals surface area (Å²) >= 11 is 0. The molecule has 0 bridgehead atoms. The lowest BCUT2D eigenvalue weighted by Gasteiger charge is -2.30. The minimum absolute atomic E-state index is 0.116. The third-order valence-corrected chi connectivity index (χ3v) is 8.10. The predicted molar refractivity (Wildman–Crippen MR) is 166 cm³/mol. The van der Waals surface area contributed by atoms with Crippen LogP contribution >= 0.6 is 0 Å². The highest BCUT2D eigenvalue weighted by atomic mass is 16.5. The number of piperidine rings is 1. The second kappa shape index (κ2) is 17.2. The molecule has 8 heteroatoms. The zero-order valence-electron chi connectivity index (χ0n) is 25.5. The molecule has 0 aromatic heterocycles. The Morgan fingerprint density at radius 3 is 2.31 bits per heavy atom. The van der Waals surface area contributed by atoms with Crippen molar-refractivity contribution in [3.8, 4) is 5.75 Å². The van der Waals surface area contributed by atoms with Crippen LogP contribution in [0.25, 0.3) is 0 Å². The van der Waals surface area contributed by atoms with Crippen LogP contribution in [0.4, 0.5) is 0 Å². The van der Waals surface area contributed by atoms with Crippen molar-refractivity contribution in [2.45, 2.75) is 83.5 Å². The van der Waals surface area contributed by atoms with Gasteiger partial charge in [0.1, 0.15) is 18.4 Å². The molecule has 230 valence electrons. The van der Waals surface area contributed by atoms with Gasteiger partial charge in [-0.25, -0.2) is 0 Å². The minimum Gasteiger partial charge on any atom is -0.489 e. The smallest absolute Gasteiger partial charge is 0.242 e. The quantitative estimate of drug-likeness (QED) is 0.295. The average molecular weight is 579 g/mol. The van der Waals surface area contributed by atoms with Crippen LogP contribution < -0.4 is 20.7 Å². The molecular weight excluding hydrogens is 528 g/mol. The number of carbonyl (C=O) groups is 2. The van der Waals surface area contributed by atoms with Crippen LogP contribution in [-0.4, -0.2) is 74.2 Å². The van der Waals surface area contributed by atoms with E-state index < -0.39 is 6.04 Å². The van der Waals surface area contributed by atoms with E-state index in [4.69, 9.17) is 9.47 Å². The van der Waals surface area contributed by atoms with Gasteiger partial charge in [-0.05, 0) is 74.4 Å². The summed E-state index contributed by atoms with van der Waals surface area (Å²) in [6.45, 7) is 9.74. The molecule has 8 nitrogen and oxygen atoms in total. The van der Waals surface area contributed by atoms with Crippen LogP contribution in [0.5, 0.6) is 5.75 Å². The van der Waals surface area contributed by atoms with Crippen LogP contribution in [0, 0.1) is 5.92 Å². The molecule has 2 aliphatic rings. The Morgan fingerprint density at radius 2 is 1.62 bits per heavy atom. The summed E-state index contributed by atoms with van der Waals surface area (Å²) in [5.74, 6) is 0.855. The van der Waals surface area contributed by atoms with Crippen molar-refractivity contribution in [3.63, 3.8) is 0 Å². The van der Waals surface area contributed by atoms with Crippen LogP contribution in [0.2, 0.25) is 0 Å². The molecule has 2 fully saturated rings. The lowest BCUT2D eigenvalue weighted by atomic mass is 9.99. The van der Waals surface area contributed by atoms with Gasteiger partial charge in [0.25, 0.3) is 0 Å². The fourth-order valence-corrected chi connectivity index (χ4v) is 5.69. The number of likely N-dealkylation sites (tertiary alicyclic amines) is 1. The lowest BCUT2D eigenvalue weighted by molar-refractivity contribution is -0.130. The normalized spacial score (nSPS) is 17.9.